The number of rotatable bonds is 6. The van der Waals surface area contributed by atoms with Gasteiger partial charge in [0.2, 0.25) is 5.91 Å². The molecule has 0 aromatic heterocycles. The molecule has 1 unspecified atom stereocenters. The Bertz CT molecular complexity index is 314. The third kappa shape index (κ3) is 5.29. The minimum atomic E-state index is -0.471. The fourth-order valence-electron chi connectivity index (χ4n) is 2.51. The van der Waals surface area contributed by atoms with Gasteiger partial charge in [-0.1, -0.05) is 13.8 Å². The lowest BCUT2D eigenvalue weighted by atomic mass is 9.87. The molecule has 1 fully saturated rings. The van der Waals surface area contributed by atoms with Crippen molar-refractivity contribution in [3.63, 3.8) is 0 Å². The number of esters is 1. The van der Waals surface area contributed by atoms with E-state index in [-0.39, 0.29) is 36.6 Å². The van der Waals surface area contributed by atoms with Gasteiger partial charge in [-0.25, -0.2) is 0 Å². The fourth-order valence-corrected chi connectivity index (χ4v) is 2.51. The van der Waals surface area contributed by atoms with Crippen LogP contribution in [0.1, 0.15) is 46.0 Å². The average Bonchev–Trinajstić information content (AvgIpc) is 2.47. The zero-order valence-corrected chi connectivity index (χ0v) is 13.5. The van der Waals surface area contributed by atoms with Gasteiger partial charge in [0.1, 0.15) is 0 Å². The molecular formula is C14H27ClN2O3. The first-order valence-electron chi connectivity index (χ1n) is 7.16. The van der Waals surface area contributed by atoms with E-state index < -0.39 is 5.54 Å². The fraction of sp³-hybridized carbons (Fsp3) is 0.857. The topological polar surface area (TPSA) is 67.4 Å². The monoisotopic (exact) mass is 306 g/mol. The number of carbonyl (C=O) groups excluding carboxylic acids is 2. The number of methoxy groups -OCH3 is 1. The minimum Gasteiger partial charge on any atom is -0.469 e. The van der Waals surface area contributed by atoms with E-state index in [1.165, 1.54) is 7.11 Å². The Morgan fingerprint density at radius 2 is 2.00 bits per heavy atom. The lowest BCUT2D eigenvalue weighted by molar-refractivity contribution is -0.143. The van der Waals surface area contributed by atoms with Crippen LogP contribution in [-0.4, -0.2) is 37.6 Å². The average molecular weight is 307 g/mol. The van der Waals surface area contributed by atoms with Crippen molar-refractivity contribution < 1.29 is 14.3 Å². The number of halogens is 1. The highest BCUT2D eigenvalue weighted by Gasteiger charge is 2.33. The SMILES string of the molecule is CCC(CC)(CC(=O)OC)NC(=O)C1CCCNC1.Cl. The van der Waals surface area contributed by atoms with E-state index in [4.69, 9.17) is 4.74 Å². The first-order valence-corrected chi connectivity index (χ1v) is 7.16. The van der Waals surface area contributed by atoms with Gasteiger partial charge in [0.25, 0.3) is 0 Å². The van der Waals surface area contributed by atoms with Crippen LogP contribution in [0, 0.1) is 5.92 Å². The Balaban J connectivity index is 0.00000361. The lowest BCUT2D eigenvalue weighted by Crippen LogP contribution is -2.53. The summed E-state index contributed by atoms with van der Waals surface area (Å²) in [7, 11) is 1.38. The van der Waals surface area contributed by atoms with Gasteiger partial charge in [-0.05, 0) is 32.2 Å². The molecule has 1 atom stereocenters. The van der Waals surface area contributed by atoms with Crippen LogP contribution < -0.4 is 10.6 Å². The molecule has 6 heteroatoms. The van der Waals surface area contributed by atoms with Gasteiger partial charge in [0, 0.05) is 12.1 Å². The van der Waals surface area contributed by atoms with Crippen LogP contribution in [0.2, 0.25) is 0 Å². The maximum absolute atomic E-state index is 12.3. The van der Waals surface area contributed by atoms with E-state index in [2.05, 4.69) is 10.6 Å². The highest BCUT2D eigenvalue weighted by atomic mass is 35.5. The molecule has 20 heavy (non-hydrogen) atoms. The van der Waals surface area contributed by atoms with Gasteiger partial charge in [-0.2, -0.15) is 0 Å². The molecule has 0 aliphatic carbocycles. The molecule has 1 aliphatic rings. The van der Waals surface area contributed by atoms with Gasteiger partial charge in [-0.3, -0.25) is 9.59 Å². The molecule has 5 nitrogen and oxygen atoms in total. The molecule has 0 spiro atoms. The second-order valence-electron chi connectivity index (χ2n) is 5.27. The van der Waals surface area contributed by atoms with Crippen LogP contribution in [0.5, 0.6) is 0 Å². The van der Waals surface area contributed by atoms with Crippen molar-refractivity contribution in [1.82, 2.24) is 10.6 Å². The number of ether oxygens (including phenoxy) is 1. The summed E-state index contributed by atoms with van der Waals surface area (Å²) in [4.78, 5) is 23.8. The Labute approximate surface area is 127 Å². The van der Waals surface area contributed by atoms with Crippen LogP contribution >= 0.6 is 12.4 Å². The van der Waals surface area contributed by atoms with Crippen molar-refractivity contribution in [2.45, 2.75) is 51.5 Å². The summed E-state index contributed by atoms with van der Waals surface area (Å²) in [6.07, 6.45) is 3.64. The number of nitrogens with one attached hydrogen (secondary N) is 2. The van der Waals surface area contributed by atoms with Gasteiger partial charge in [0.05, 0.1) is 19.4 Å². The Hall–Kier alpha value is -0.810. The van der Waals surface area contributed by atoms with Crippen molar-refractivity contribution in [3.8, 4) is 0 Å². The van der Waals surface area contributed by atoms with Crippen LogP contribution in [-0.2, 0) is 14.3 Å². The van der Waals surface area contributed by atoms with Crippen LogP contribution in [0.25, 0.3) is 0 Å². The summed E-state index contributed by atoms with van der Waals surface area (Å²) in [6.45, 7) is 5.70. The molecular weight excluding hydrogens is 280 g/mol. The van der Waals surface area contributed by atoms with Crippen molar-refractivity contribution >= 4 is 24.3 Å². The second-order valence-corrected chi connectivity index (χ2v) is 5.27. The largest absolute Gasteiger partial charge is 0.469 e. The van der Waals surface area contributed by atoms with E-state index in [1.807, 2.05) is 13.8 Å². The van der Waals surface area contributed by atoms with Crippen molar-refractivity contribution in [2.24, 2.45) is 5.92 Å². The summed E-state index contributed by atoms with van der Waals surface area (Å²) in [5, 5.41) is 6.32. The van der Waals surface area contributed by atoms with E-state index >= 15 is 0 Å². The van der Waals surface area contributed by atoms with Gasteiger partial charge in [0.15, 0.2) is 0 Å². The predicted octanol–water partition coefficient (Wildman–Crippen LogP) is 1.65. The summed E-state index contributed by atoms with van der Waals surface area (Å²) >= 11 is 0. The van der Waals surface area contributed by atoms with Crippen molar-refractivity contribution in [1.29, 1.82) is 0 Å². The molecule has 1 heterocycles. The standard InChI is InChI=1S/C14H26N2O3.ClH/c1-4-14(5-2,9-12(17)19-3)16-13(18)11-7-6-8-15-10-11;/h11,15H,4-10H2,1-3H3,(H,16,18);1H. The van der Waals surface area contributed by atoms with Gasteiger partial charge >= 0.3 is 5.97 Å². The van der Waals surface area contributed by atoms with E-state index in [0.717, 1.165) is 38.8 Å². The van der Waals surface area contributed by atoms with Crippen LogP contribution in [0.3, 0.4) is 0 Å². The molecule has 0 bridgehead atoms. The first-order chi connectivity index (χ1) is 9.06. The summed E-state index contributed by atoms with van der Waals surface area (Å²) < 4.78 is 4.73. The third-order valence-electron chi connectivity index (χ3n) is 4.12. The maximum Gasteiger partial charge on any atom is 0.307 e. The third-order valence-corrected chi connectivity index (χ3v) is 4.12. The molecule has 1 saturated heterocycles. The van der Waals surface area contributed by atoms with Crippen LogP contribution in [0.15, 0.2) is 0 Å². The molecule has 1 rings (SSSR count). The van der Waals surface area contributed by atoms with Crippen molar-refractivity contribution in [3.05, 3.63) is 0 Å². The maximum atomic E-state index is 12.3. The molecule has 0 aromatic rings. The van der Waals surface area contributed by atoms with Gasteiger partial charge in [-0.15, -0.1) is 12.4 Å². The summed E-state index contributed by atoms with van der Waals surface area (Å²) in [6, 6.07) is 0. The molecule has 2 N–H and O–H groups in total. The predicted molar refractivity (Wildman–Crippen MR) is 80.9 cm³/mol. The zero-order valence-electron chi connectivity index (χ0n) is 12.7. The number of piperidine rings is 1. The van der Waals surface area contributed by atoms with Gasteiger partial charge < -0.3 is 15.4 Å². The molecule has 118 valence electrons. The highest BCUT2D eigenvalue weighted by Crippen LogP contribution is 2.22. The minimum absolute atomic E-state index is 0. The number of amides is 1. The quantitative estimate of drug-likeness (QED) is 0.732. The number of carbonyl (C=O) groups is 2. The smallest absolute Gasteiger partial charge is 0.307 e. The van der Waals surface area contributed by atoms with E-state index in [1.54, 1.807) is 0 Å². The summed E-state index contributed by atoms with van der Waals surface area (Å²) in [5.41, 5.74) is -0.471. The first kappa shape index (κ1) is 19.2. The Kier molecular flexibility index (Phi) is 8.81. The molecule has 0 aromatic carbocycles. The van der Waals surface area contributed by atoms with Crippen LogP contribution in [0.4, 0.5) is 0 Å². The van der Waals surface area contributed by atoms with E-state index in [0.29, 0.717) is 0 Å². The Morgan fingerprint density at radius 3 is 2.45 bits per heavy atom. The molecule has 1 amide bonds. The lowest BCUT2D eigenvalue weighted by Gasteiger charge is -2.34. The normalized spacial score (nSPS) is 18.9. The van der Waals surface area contributed by atoms with E-state index in [9.17, 15) is 9.59 Å². The number of hydrogen-bond acceptors (Lipinski definition) is 4. The molecule has 1 aliphatic heterocycles. The second kappa shape index (κ2) is 9.19. The molecule has 0 saturated carbocycles. The highest BCUT2D eigenvalue weighted by molar-refractivity contribution is 5.85. The zero-order chi connectivity index (χ0) is 14.3. The molecule has 0 radical (unpaired) electrons. The number of hydrogen-bond donors (Lipinski definition) is 2. The van der Waals surface area contributed by atoms with Crippen molar-refractivity contribution in [2.75, 3.05) is 20.2 Å². The summed E-state index contributed by atoms with van der Waals surface area (Å²) in [5.74, 6) is -0.200. The Morgan fingerprint density at radius 1 is 1.35 bits per heavy atom.